The first-order valence-electron chi connectivity index (χ1n) is 7.33. The highest BCUT2D eigenvalue weighted by molar-refractivity contribution is 7.18. The summed E-state index contributed by atoms with van der Waals surface area (Å²) in [4.78, 5) is 4.74. The normalized spacial score (nSPS) is 11.0. The minimum Gasteiger partial charge on any atom is -0.241 e. The van der Waals surface area contributed by atoms with Crippen LogP contribution in [-0.4, -0.2) is 4.98 Å². The summed E-state index contributed by atoms with van der Waals surface area (Å²) in [5.41, 5.74) is 6.02. The number of aromatic nitrogens is 1. The lowest BCUT2D eigenvalue weighted by Gasteiger charge is -2.07. The lowest BCUT2D eigenvalue weighted by molar-refractivity contribution is 1.35. The van der Waals surface area contributed by atoms with Crippen LogP contribution in [0.1, 0.15) is 5.01 Å². The molecule has 106 valence electrons. The molecular weight excluding hydrogens is 286 g/mol. The van der Waals surface area contributed by atoms with Crippen LogP contribution in [-0.2, 0) is 0 Å². The van der Waals surface area contributed by atoms with Crippen LogP contribution >= 0.6 is 11.3 Å². The molecule has 22 heavy (non-hydrogen) atoms. The van der Waals surface area contributed by atoms with Crippen molar-refractivity contribution in [3.05, 3.63) is 77.8 Å². The van der Waals surface area contributed by atoms with E-state index >= 15 is 0 Å². The van der Waals surface area contributed by atoms with Gasteiger partial charge in [-0.15, -0.1) is 11.3 Å². The first kappa shape index (κ1) is 13.2. The van der Waals surface area contributed by atoms with Crippen molar-refractivity contribution in [2.24, 2.45) is 0 Å². The topological polar surface area (TPSA) is 12.9 Å². The molecule has 0 N–H and O–H groups in total. The van der Waals surface area contributed by atoms with Crippen molar-refractivity contribution < 1.29 is 0 Å². The molecule has 0 aliphatic carbocycles. The third-order valence-electron chi connectivity index (χ3n) is 3.79. The zero-order valence-electron chi connectivity index (χ0n) is 12.3. The molecule has 1 aromatic heterocycles. The predicted molar refractivity (Wildman–Crippen MR) is 95.2 cm³/mol. The second-order valence-corrected chi connectivity index (χ2v) is 6.57. The zero-order chi connectivity index (χ0) is 14.9. The highest BCUT2D eigenvalue weighted by Gasteiger charge is 2.11. The molecule has 0 aliphatic rings. The van der Waals surface area contributed by atoms with Crippen LogP contribution in [0.15, 0.2) is 72.8 Å². The van der Waals surface area contributed by atoms with Gasteiger partial charge in [-0.2, -0.15) is 0 Å². The molecule has 1 nitrogen and oxygen atoms in total. The van der Waals surface area contributed by atoms with Gasteiger partial charge in [0.05, 0.1) is 15.2 Å². The average Bonchev–Trinajstić information content (AvgIpc) is 2.95. The second kappa shape index (κ2) is 5.39. The van der Waals surface area contributed by atoms with Gasteiger partial charge in [0.1, 0.15) is 0 Å². The van der Waals surface area contributed by atoms with Gasteiger partial charge in [-0.3, -0.25) is 0 Å². The summed E-state index contributed by atoms with van der Waals surface area (Å²) >= 11 is 1.76. The Kier molecular flexibility index (Phi) is 3.24. The molecule has 3 aromatic carbocycles. The van der Waals surface area contributed by atoms with E-state index in [9.17, 15) is 0 Å². The van der Waals surface area contributed by atoms with Crippen LogP contribution in [0.2, 0.25) is 0 Å². The van der Waals surface area contributed by atoms with Crippen LogP contribution in [0.4, 0.5) is 0 Å². The Morgan fingerprint density at radius 3 is 2.05 bits per heavy atom. The summed E-state index contributed by atoms with van der Waals surface area (Å²) in [7, 11) is 0. The molecule has 0 amide bonds. The van der Waals surface area contributed by atoms with Gasteiger partial charge in [0, 0.05) is 5.56 Å². The number of hydrogen-bond donors (Lipinski definition) is 0. The Bertz CT molecular complexity index is 924. The Hall–Kier alpha value is -2.45. The van der Waals surface area contributed by atoms with E-state index in [4.69, 9.17) is 4.98 Å². The predicted octanol–water partition coefficient (Wildman–Crippen LogP) is 5.94. The average molecular weight is 301 g/mol. The summed E-state index contributed by atoms with van der Waals surface area (Å²) in [6.45, 7) is 2.07. The van der Waals surface area contributed by atoms with E-state index in [0.717, 1.165) is 10.5 Å². The highest BCUT2D eigenvalue weighted by atomic mass is 32.1. The minimum absolute atomic E-state index is 1.10. The molecule has 0 saturated carbocycles. The maximum Gasteiger partial charge on any atom is 0.0908 e. The molecule has 0 bridgehead atoms. The van der Waals surface area contributed by atoms with Crippen LogP contribution in [0.3, 0.4) is 0 Å². The Labute approximate surface area is 133 Å². The number of thiazole rings is 1. The first-order chi connectivity index (χ1) is 10.8. The van der Waals surface area contributed by atoms with E-state index in [1.54, 1.807) is 11.3 Å². The molecule has 0 unspecified atom stereocenters. The molecule has 0 radical (unpaired) electrons. The van der Waals surface area contributed by atoms with Gasteiger partial charge < -0.3 is 0 Å². The van der Waals surface area contributed by atoms with Crippen molar-refractivity contribution in [2.45, 2.75) is 6.92 Å². The molecule has 0 fully saturated rings. The largest absolute Gasteiger partial charge is 0.241 e. The smallest absolute Gasteiger partial charge is 0.0908 e. The van der Waals surface area contributed by atoms with Crippen LogP contribution in [0, 0.1) is 6.92 Å². The van der Waals surface area contributed by atoms with E-state index < -0.39 is 0 Å². The van der Waals surface area contributed by atoms with Gasteiger partial charge in [-0.05, 0) is 35.7 Å². The summed E-state index contributed by atoms with van der Waals surface area (Å²) in [5, 5.41) is 1.11. The molecule has 4 rings (SSSR count). The lowest BCUT2D eigenvalue weighted by atomic mass is 9.98. The second-order valence-electron chi connectivity index (χ2n) is 5.34. The summed E-state index contributed by atoms with van der Waals surface area (Å²) < 4.78 is 1.25. The van der Waals surface area contributed by atoms with Crippen LogP contribution in [0.25, 0.3) is 32.5 Å². The van der Waals surface area contributed by atoms with Crippen LogP contribution < -0.4 is 0 Å². The number of hydrogen-bond acceptors (Lipinski definition) is 2. The molecule has 0 saturated heterocycles. The number of fused-ring (bicyclic) bond motifs is 1. The van der Waals surface area contributed by atoms with Crippen molar-refractivity contribution in [1.82, 2.24) is 4.98 Å². The molecule has 0 aliphatic heterocycles. The van der Waals surface area contributed by atoms with Crippen molar-refractivity contribution in [2.75, 3.05) is 0 Å². The van der Waals surface area contributed by atoms with E-state index in [1.807, 2.05) is 6.07 Å². The van der Waals surface area contributed by atoms with E-state index in [2.05, 4.69) is 73.7 Å². The fraction of sp³-hybridized carbons (Fsp3) is 0.0500. The number of nitrogens with zero attached hydrogens (tertiary/aromatic N) is 1. The van der Waals surface area contributed by atoms with Crippen molar-refractivity contribution >= 4 is 21.6 Å². The molecular formula is C20H15NS. The van der Waals surface area contributed by atoms with Crippen LogP contribution in [0.5, 0.6) is 0 Å². The van der Waals surface area contributed by atoms with E-state index in [1.165, 1.54) is 27.0 Å². The lowest BCUT2D eigenvalue weighted by Crippen LogP contribution is -1.84. The number of rotatable bonds is 2. The maximum absolute atomic E-state index is 4.74. The summed E-state index contributed by atoms with van der Waals surface area (Å²) in [6.07, 6.45) is 0. The van der Waals surface area contributed by atoms with Crippen molar-refractivity contribution in [1.29, 1.82) is 0 Å². The third kappa shape index (κ3) is 2.32. The first-order valence-corrected chi connectivity index (χ1v) is 8.15. The monoisotopic (exact) mass is 301 g/mol. The maximum atomic E-state index is 4.74. The van der Waals surface area contributed by atoms with Gasteiger partial charge in [-0.1, -0.05) is 60.7 Å². The zero-order valence-corrected chi connectivity index (χ0v) is 13.1. The van der Waals surface area contributed by atoms with Gasteiger partial charge in [0.25, 0.3) is 0 Å². The Morgan fingerprint density at radius 2 is 1.36 bits per heavy atom. The quantitative estimate of drug-likeness (QED) is 0.446. The van der Waals surface area contributed by atoms with Crippen molar-refractivity contribution in [3.63, 3.8) is 0 Å². The van der Waals surface area contributed by atoms with Gasteiger partial charge in [0.2, 0.25) is 0 Å². The molecule has 0 spiro atoms. The summed E-state index contributed by atoms with van der Waals surface area (Å²) in [5.74, 6) is 0. The fourth-order valence-electron chi connectivity index (χ4n) is 2.78. The van der Waals surface area contributed by atoms with E-state index in [0.29, 0.717) is 0 Å². The Morgan fingerprint density at radius 1 is 0.727 bits per heavy atom. The standard InChI is InChI=1S/C20H15NS/c1-14-21-20-18(16-10-6-3-7-11-16)12-17(13-19(20)22-14)15-8-4-2-5-9-15/h2-13H,1H3. The van der Waals surface area contributed by atoms with Gasteiger partial charge >= 0.3 is 0 Å². The summed E-state index contributed by atoms with van der Waals surface area (Å²) in [6, 6.07) is 25.5. The minimum atomic E-state index is 1.10. The van der Waals surface area contributed by atoms with Gasteiger partial charge in [0.15, 0.2) is 0 Å². The number of aryl methyl sites for hydroxylation is 1. The fourth-order valence-corrected chi connectivity index (χ4v) is 3.67. The van der Waals surface area contributed by atoms with E-state index in [-0.39, 0.29) is 0 Å². The molecule has 1 heterocycles. The SMILES string of the molecule is Cc1nc2c(-c3ccccc3)cc(-c3ccccc3)cc2s1. The van der Waals surface area contributed by atoms with Crippen molar-refractivity contribution in [3.8, 4) is 22.3 Å². The third-order valence-corrected chi connectivity index (χ3v) is 4.71. The van der Waals surface area contributed by atoms with Gasteiger partial charge in [-0.25, -0.2) is 4.98 Å². The highest BCUT2D eigenvalue weighted by Crippen LogP contribution is 2.36. The molecule has 0 atom stereocenters. The Balaban J connectivity index is 2.02. The molecule has 4 aromatic rings. The molecule has 2 heteroatoms. The number of benzene rings is 3.